The van der Waals surface area contributed by atoms with Gasteiger partial charge in [0, 0.05) is 35.6 Å². The standard InChI is InChI=1S/C24H20N4O3/c25-14-18(20-5-1-2-6-22(20)29)12-16-7-9-19(10-8-16)27-24(30)23-13-21(28-31-23)17-4-3-11-26-15-17/h1-11,15,18,23,29H,12-13H2,(H,27,30). The number of anilines is 1. The van der Waals surface area contributed by atoms with Crippen molar-refractivity contribution in [2.75, 3.05) is 5.32 Å². The number of benzene rings is 2. The molecule has 154 valence electrons. The van der Waals surface area contributed by atoms with Gasteiger partial charge in [0.05, 0.1) is 17.7 Å². The zero-order valence-electron chi connectivity index (χ0n) is 16.6. The van der Waals surface area contributed by atoms with Crippen LogP contribution in [0.2, 0.25) is 0 Å². The molecule has 2 atom stereocenters. The quantitative estimate of drug-likeness (QED) is 0.641. The van der Waals surface area contributed by atoms with Gasteiger partial charge in [-0.05, 0) is 42.3 Å². The highest BCUT2D eigenvalue weighted by atomic mass is 16.6. The number of nitrogens with zero attached hydrogens (tertiary/aromatic N) is 3. The molecule has 2 heterocycles. The molecule has 2 N–H and O–H groups in total. The fourth-order valence-electron chi connectivity index (χ4n) is 3.41. The van der Waals surface area contributed by atoms with E-state index in [0.717, 1.165) is 11.1 Å². The summed E-state index contributed by atoms with van der Waals surface area (Å²) in [5.41, 5.74) is 3.68. The summed E-state index contributed by atoms with van der Waals surface area (Å²) in [6, 6.07) is 20.1. The molecule has 0 spiro atoms. The number of aromatic hydroxyl groups is 1. The minimum atomic E-state index is -0.695. The van der Waals surface area contributed by atoms with E-state index < -0.39 is 12.0 Å². The Kier molecular flexibility index (Phi) is 5.90. The van der Waals surface area contributed by atoms with Crippen LogP contribution < -0.4 is 5.32 Å². The number of oxime groups is 1. The monoisotopic (exact) mass is 412 g/mol. The van der Waals surface area contributed by atoms with Crippen molar-refractivity contribution in [1.82, 2.24) is 4.98 Å². The minimum Gasteiger partial charge on any atom is -0.508 e. The summed E-state index contributed by atoms with van der Waals surface area (Å²) in [6.07, 6.45) is 3.50. The van der Waals surface area contributed by atoms with Gasteiger partial charge in [0.15, 0.2) is 0 Å². The van der Waals surface area contributed by atoms with E-state index in [1.54, 1.807) is 48.8 Å². The largest absolute Gasteiger partial charge is 0.508 e. The molecule has 0 saturated carbocycles. The number of nitrogens with one attached hydrogen (secondary N) is 1. The number of carbonyl (C=O) groups excluding carboxylic acids is 1. The molecule has 0 aliphatic carbocycles. The Morgan fingerprint density at radius 3 is 2.71 bits per heavy atom. The molecule has 1 amide bonds. The number of hydrogen-bond acceptors (Lipinski definition) is 6. The van der Waals surface area contributed by atoms with E-state index in [1.165, 1.54) is 0 Å². The molecule has 4 rings (SSSR count). The molecular formula is C24H20N4O3. The normalized spacial score (nSPS) is 16.0. The molecular weight excluding hydrogens is 392 g/mol. The van der Waals surface area contributed by atoms with Gasteiger partial charge < -0.3 is 15.3 Å². The van der Waals surface area contributed by atoms with E-state index in [4.69, 9.17) is 4.84 Å². The zero-order valence-corrected chi connectivity index (χ0v) is 16.6. The van der Waals surface area contributed by atoms with E-state index in [9.17, 15) is 15.2 Å². The van der Waals surface area contributed by atoms with Crippen LogP contribution in [0.25, 0.3) is 0 Å². The lowest BCUT2D eigenvalue weighted by Crippen LogP contribution is -2.28. The first kappa shape index (κ1) is 20.1. The smallest absolute Gasteiger partial charge is 0.268 e. The highest BCUT2D eigenvalue weighted by Crippen LogP contribution is 2.28. The third-order valence-electron chi connectivity index (χ3n) is 5.09. The molecule has 0 radical (unpaired) electrons. The number of para-hydroxylation sites is 1. The van der Waals surface area contributed by atoms with Crippen molar-refractivity contribution in [2.45, 2.75) is 24.9 Å². The molecule has 1 aromatic heterocycles. The van der Waals surface area contributed by atoms with Gasteiger partial charge in [-0.3, -0.25) is 9.78 Å². The average Bonchev–Trinajstić information content (AvgIpc) is 3.30. The third kappa shape index (κ3) is 4.70. The number of amides is 1. The van der Waals surface area contributed by atoms with Crippen molar-refractivity contribution >= 4 is 17.3 Å². The number of carbonyl (C=O) groups is 1. The molecule has 7 nitrogen and oxygen atoms in total. The predicted octanol–water partition coefficient (Wildman–Crippen LogP) is 3.77. The van der Waals surface area contributed by atoms with Gasteiger partial charge in [0.2, 0.25) is 6.10 Å². The van der Waals surface area contributed by atoms with Crippen LogP contribution in [-0.4, -0.2) is 27.8 Å². The second kappa shape index (κ2) is 9.09. The Bertz CT molecular complexity index is 1140. The van der Waals surface area contributed by atoms with E-state index in [1.807, 2.05) is 24.3 Å². The first-order valence-corrected chi connectivity index (χ1v) is 9.84. The Hall–Kier alpha value is -4.18. The molecule has 0 bridgehead atoms. The molecule has 3 aromatic rings. The summed E-state index contributed by atoms with van der Waals surface area (Å²) in [4.78, 5) is 21.9. The number of phenols is 1. The first-order chi connectivity index (χ1) is 15.1. The summed E-state index contributed by atoms with van der Waals surface area (Å²) < 4.78 is 0. The second-order valence-electron chi connectivity index (χ2n) is 7.21. The van der Waals surface area contributed by atoms with Crippen LogP contribution in [0.15, 0.2) is 78.2 Å². The Morgan fingerprint density at radius 2 is 2.00 bits per heavy atom. The number of nitriles is 1. The summed E-state index contributed by atoms with van der Waals surface area (Å²) in [6.45, 7) is 0. The number of hydrogen-bond donors (Lipinski definition) is 2. The average molecular weight is 412 g/mol. The number of aromatic nitrogens is 1. The fraction of sp³-hybridized carbons (Fsp3) is 0.167. The first-order valence-electron chi connectivity index (χ1n) is 9.84. The van der Waals surface area contributed by atoms with Crippen molar-refractivity contribution < 1.29 is 14.7 Å². The molecule has 2 aromatic carbocycles. The van der Waals surface area contributed by atoms with Gasteiger partial charge in [-0.1, -0.05) is 35.5 Å². The van der Waals surface area contributed by atoms with Crippen LogP contribution in [-0.2, 0) is 16.1 Å². The summed E-state index contributed by atoms with van der Waals surface area (Å²) >= 11 is 0. The molecule has 1 aliphatic heterocycles. The number of pyridine rings is 1. The van der Waals surface area contributed by atoms with Crippen LogP contribution in [0, 0.1) is 11.3 Å². The van der Waals surface area contributed by atoms with Gasteiger partial charge in [-0.15, -0.1) is 0 Å². The molecule has 31 heavy (non-hydrogen) atoms. The van der Waals surface area contributed by atoms with Gasteiger partial charge in [0.25, 0.3) is 5.91 Å². The van der Waals surface area contributed by atoms with E-state index in [-0.39, 0.29) is 11.7 Å². The van der Waals surface area contributed by atoms with Gasteiger partial charge >= 0.3 is 0 Å². The Morgan fingerprint density at radius 1 is 1.19 bits per heavy atom. The summed E-state index contributed by atoms with van der Waals surface area (Å²) in [7, 11) is 0. The summed E-state index contributed by atoms with van der Waals surface area (Å²) in [5.74, 6) is -0.626. The molecule has 0 saturated heterocycles. The van der Waals surface area contributed by atoms with Crippen LogP contribution >= 0.6 is 0 Å². The molecule has 2 unspecified atom stereocenters. The summed E-state index contributed by atoms with van der Waals surface area (Å²) in [5, 5.41) is 26.4. The number of phenolic OH excluding ortho intramolecular Hbond substituents is 1. The van der Waals surface area contributed by atoms with Crippen molar-refractivity contribution in [3.63, 3.8) is 0 Å². The van der Waals surface area contributed by atoms with Crippen LogP contribution in [0.1, 0.15) is 29.0 Å². The SMILES string of the molecule is N#CC(Cc1ccc(NC(=O)C2CC(c3cccnc3)=NO2)cc1)c1ccccc1O. The fourth-order valence-corrected chi connectivity index (χ4v) is 3.41. The lowest BCUT2D eigenvalue weighted by atomic mass is 9.92. The highest BCUT2D eigenvalue weighted by molar-refractivity contribution is 6.05. The Labute approximate surface area is 179 Å². The maximum absolute atomic E-state index is 12.5. The van der Waals surface area contributed by atoms with Crippen LogP contribution in [0.3, 0.4) is 0 Å². The van der Waals surface area contributed by atoms with E-state index in [0.29, 0.717) is 29.8 Å². The van der Waals surface area contributed by atoms with Gasteiger partial charge in [-0.25, -0.2) is 0 Å². The van der Waals surface area contributed by atoms with Gasteiger partial charge in [-0.2, -0.15) is 5.26 Å². The van der Waals surface area contributed by atoms with Crippen molar-refractivity contribution in [2.24, 2.45) is 5.16 Å². The van der Waals surface area contributed by atoms with Crippen LogP contribution in [0.4, 0.5) is 5.69 Å². The third-order valence-corrected chi connectivity index (χ3v) is 5.09. The lowest BCUT2D eigenvalue weighted by molar-refractivity contribution is -0.125. The minimum absolute atomic E-state index is 0.113. The molecule has 7 heteroatoms. The van der Waals surface area contributed by atoms with E-state index in [2.05, 4.69) is 21.5 Å². The second-order valence-corrected chi connectivity index (χ2v) is 7.21. The van der Waals surface area contributed by atoms with Crippen molar-refractivity contribution in [3.05, 3.63) is 89.7 Å². The van der Waals surface area contributed by atoms with Crippen LogP contribution in [0.5, 0.6) is 5.75 Å². The van der Waals surface area contributed by atoms with Crippen molar-refractivity contribution in [3.8, 4) is 11.8 Å². The highest BCUT2D eigenvalue weighted by Gasteiger charge is 2.29. The lowest BCUT2D eigenvalue weighted by Gasteiger charge is -2.13. The maximum Gasteiger partial charge on any atom is 0.268 e. The van der Waals surface area contributed by atoms with Crippen molar-refractivity contribution in [1.29, 1.82) is 5.26 Å². The molecule has 1 aliphatic rings. The van der Waals surface area contributed by atoms with Gasteiger partial charge in [0.1, 0.15) is 5.75 Å². The zero-order chi connectivity index (χ0) is 21.6. The van der Waals surface area contributed by atoms with E-state index >= 15 is 0 Å². The Balaban J connectivity index is 1.35. The molecule has 0 fully saturated rings. The predicted molar refractivity (Wildman–Crippen MR) is 116 cm³/mol. The maximum atomic E-state index is 12.5. The number of rotatable bonds is 6. The topological polar surface area (TPSA) is 108 Å².